The first-order valence-electron chi connectivity index (χ1n) is 10.7. The Balaban J connectivity index is 1.63. The van der Waals surface area contributed by atoms with Crippen LogP contribution in [-0.2, 0) is 14.3 Å². The van der Waals surface area contributed by atoms with Gasteiger partial charge in [0.1, 0.15) is 12.1 Å². The summed E-state index contributed by atoms with van der Waals surface area (Å²) >= 11 is 0. The summed E-state index contributed by atoms with van der Waals surface area (Å²) in [7, 11) is 0. The zero-order chi connectivity index (χ0) is 20.7. The lowest BCUT2D eigenvalue weighted by Crippen LogP contribution is -2.53. The van der Waals surface area contributed by atoms with Gasteiger partial charge in [0, 0.05) is 13.1 Å². The number of hydrogen-bond donors (Lipinski definition) is 1. The van der Waals surface area contributed by atoms with Gasteiger partial charge in [-0.05, 0) is 50.9 Å². The Morgan fingerprint density at radius 3 is 2.29 bits per heavy atom. The molecule has 1 N–H and O–H groups in total. The van der Waals surface area contributed by atoms with Crippen LogP contribution in [0, 0.1) is 11.3 Å². The minimum Gasteiger partial charge on any atom is -0.372 e. The first-order chi connectivity index (χ1) is 13.1. The summed E-state index contributed by atoms with van der Waals surface area (Å²) in [6, 6.07) is -0.430. The van der Waals surface area contributed by atoms with E-state index in [9.17, 15) is 14.4 Å². The van der Waals surface area contributed by atoms with E-state index in [0.29, 0.717) is 31.8 Å². The Hall–Kier alpha value is -1.63. The fourth-order valence-electron chi connectivity index (χ4n) is 4.96. The molecule has 2 atom stereocenters. The predicted octanol–water partition coefficient (Wildman–Crippen LogP) is 2.54. The summed E-state index contributed by atoms with van der Waals surface area (Å²) < 4.78 is 5.66. The molecule has 2 aliphatic heterocycles. The summed E-state index contributed by atoms with van der Waals surface area (Å²) in [5, 5.41) is 2.93. The van der Waals surface area contributed by atoms with Crippen LogP contribution in [0.15, 0.2) is 0 Å². The molecule has 158 valence electrons. The number of amides is 4. The first kappa shape index (κ1) is 21.1. The lowest BCUT2D eigenvalue weighted by atomic mass is 9.65. The molecule has 1 spiro atoms. The molecule has 0 bridgehead atoms. The molecule has 7 nitrogen and oxygen atoms in total. The SMILES string of the molecule is CCC(C)(C)C1CCC2(CC1)NC(=O)N(CC(=O)N1CC(C)OC(C)C1)C2=O. The third-order valence-electron chi connectivity index (χ3n) is 7.17. The molecule has 0 aromatic carbocycles. The predicted molar refractivity (Wildman–Crippen MR) is 106 cm³/mol. The maximum atomic E-state index is 13.1. The van der Waals surface area contributed by atoms with Gasteiger partial charge in [-0.1, -0.05) is 27.2 Å². The number of rotatable bonds is 4. The van der Waals surface area contributed by atoms with E-state index in [1.165, 1.54) is 0 Å². The summed E-state index contributed by atoms with van der Waals surface area (Å²) in [5.41, 5.74) is -0.573. The molecule has 0 radical (unpaired) electrons. The van der Waals surface area contributed by atoms with Crippen molar-refractivity contribution < 1.29 is 19.1 Å². The molecule has 1 saturated carbocycles. The molecule has 2 unspecified atom stereocenters. The lowest BCUT2D eigenvalue weighted by Gasteiger charge is -2.42. The van der Waals surface area contributed by atoms with Gasteiger partial charge in [-0.3, -0.25) is 14.5 Å². The zero-order valence-electron chi connectivity index (χ0n) is 17.9. The van der Waals surface area contributed by atoms with Gasteiger partial charge in [-0.25, -0.2) is 4.79 Å². The van der Waals surface area contributed by atoms with Crippen molar-refractivity contribution in [1.82, 2.24) is 15.1 Å². The quantitative estimate of drug-likeness (QED) is 0.745. The largest absolute Gasteiger partial charge is 0.372 e. The highest BCUT2D eigenvalue weighted by Crippen LogP contribution is 2.45. The summed E-state index contributed by atoms with van der Waals surface area (Å²) in [4.78, 5) is 41.2. The number of urea groups is 1. The molecular weight excluding hydrogens is 358 g/mol. The van der Waals surface area contributed by atoms with E-state index < -0.39 is 11.6 Å². The Kier molecular flexibility index (Phi) is 5.76. The first-order valence-corrected chi connectivity index (χ1v) is 10.7. The third kappa shape index (κ3) is 3.91. The highest BCUT2D eigenvalue weighted by atomic mass is 16.5. The standard InChI is InChI=1S/C21H35N3O4/c1-6-20(4,5)16-7-9-21(10-8-16)18(26)24(19(27)22-21)13-17(25)23-11-14(2)28-15(3)12-23/h14-16H,6-13H2,1-5H3,(H,22,27). The second kappa shape index (κ2) is 7.65. The third-order valence-corrected chi connectivity index (χ3v) is 7.17. The monoisotopic (exact) mass is 393 g/mol. The number of hydrogen-bond acceptors (Lipinski definition) is 4. The minimum absolute atomic E-state index is 0.0423. The average Bonchev–Trinajstić information content (AvgIpc) is 2.85. The zero-order valence-corrected chi connectivity index (χ0v) is 17.9. The number of carbonyl (C=O) groups excluding carboxylic acids is 3. The highest BCUT2D eigenvalue weighted by Gasteiger charge is 2.54. The summed E-state index contributed by atoms with van der Waals surface area (Å²) in [6.45, 7) is 11.4. The van der Waals surface area contributed by atoms with E-state index in [2.05, 4.69) is 26.1 Å². The highest BCUT2D eigenvalue weighted by molar-refractivity contribution is 6.09. The summed E-state index contributed by atoms with van der Waals surface area (Å²) in [5.74, 6) is 0.135. The molecule has 7 heteroatoms. The molecule has 2 saturated heterocycles. The van der Waals surface area contributed by atoms with Crippen LogP contribution >= 0.6 is 0 Å². The van der Waals surface area contributed by atoms with Gasteiger partial charge in [0.15, 0.2) is 0 Å². The van der Waals surface area contributed by atoms with E-state index in [1.807, 2.05) is 13.8 Å². The molecule has 2 heterocycles. The van der Waals surface area contributed by atoms with Crippen LogP contribution in [0.25, 0.3) is 0 Å². The fraction of sp³-hybridized carbons (Fsp3) is 0.857. The Morgan fingerprint density at radius 1 is 1.18 bits per heavy atom. The number of imide groups is 1. The number of carbonyl (C=O) groups is 3. The lowest BCUT2D eigenvalue weighted by molar-refractivity contribution is -0.147. The molecule has 28 heavy (non-hydrogen) atoms. The van der Waals surface area contributed by atoms with Crippen LogP contribution in [0.2, 0.25) is 0 Å². The van der Waals surface area contributed by atoms with Crippen molar-refractivity contribution >= 4 is 17.8 Å². The van der Waals surface area contributed by atoms with Gasteiger partial charge in [-0.15, -0.1) is 0 Å². The molecule has 0 aromatic rings. The number of nitrogens with zero attached hydrogens (tertiary/aromatic N) is 2. The van der Waals surface area contributed by atoms with Crippen molar-refractivity contribution in [2.75, 3.05) is 19.6 Å². The van der Waals surface area contributed by atoms with Gasteiger partial charge in [0.05, 0.1) is 12.2 Å². The van der Waals surface area contributed by atoms with E-state index in [1.54, 1.807) is 4.90 Å². The molecule has 1 aliphatic carbocycles. The van der Waals surface area contributed by atoms with Gasteiger partial charge in [0.25, 0.3) is 5.91 Å². The van der Waals surface area contributed by atoms with Crippen molar-refractivity contribution in [3.8, 4) is 0 Å². The number of nitrogens with one attached hydrogen (secondary N) is 1. The maximum Gasteiger partial charge on any atom is 0.325 e. The minimum atomic E-state index is -0.816. The summed E-state index contributed by atoms with van der Waals surface area (Å²) in [6.07, 6.45) is 4.17. The molecular formula is C21H35N3O4. The van der Waals surface area contributed by atoms with E-state index in [4.69, 9.17) is 4.74 Å². The van der Waals surface area contributed by atoms with Crippen molar-refractivity contribution in [3.63, 3.8) is 0 Å². The van der Waals surface area contributed by atoms with Gasteiger partial charge < -0.3 is 15.0 Å². The maximum absolute atomic E-state index is 13.1. The van der Waals surface area contributed by atoms with Crippen molar-refractivity contribution in [3.05, 3.63) is 0 Å². The van der Waals surface area contributed by atoms with E-state index >= 15 is 0 Å². The number of ether oxygens (including phenoxy) is 1. The van der Waals surface area contributed by atoms with Gasteiger partial charge >= 0.3 is 6.03 Å². The van der Waals surface area contributed by atoms with Crippen molar-refractivity contribution in [1.29, 1.82) is 0 Å². The van der Waals surface area contributed by atoms with E-state index in [0.717, 1.165) is 24.2 Å². The molecule has 4 amide bonds. The van der Waals surface area contributed by atoms with Crippen LogP contribution in [0.5, 0.6) is 0 Å². The van der Waals surface area contributed by atoms with Gasteiger partial charge in [0.2, 0.25) is 5.91 Å². The van der Waals surface area contributed by atoms with Crippen LogP contribution in [-0.4, -0.2) is 65.0 Å². The fourth-order valence-corrected chi connectivity index (χ4v) is 4.96. The Morgan fingerprint density at radius 2 is 1.75 bits per heavy atom. The van der Waals surface area contributed by atoms with Crippen molar-refractivity contribution in [2.45, 2.75) is 84.5 Å². The molecule has 3 fully saturated rings. The van der Waals surface area contributed by atoms with Gasteiger partial charge in [-0.2, -0.15) is 0 Å². The number of morpholine rings is 1. The topological polar surface area (TPSA) is 79.0 Å². The van der Waals surface area contributed by atoms with Crippen molar-refractivity contribution in [2.24, 2.45) is 11.3 Å². The van der Waals surface area contributed by atoms with Crippen LogP contribution < -0.4 is 5.32 Å². The van der Waals surface area contributed by atoms with Crippen LogP contribution in [0.1, 0.15) is 66.7 Å². The average molecular weight is 394 g/mol. The van der Waals surface area contributed by atoms with Crippen LogP contribution in [0.4, 0.5) is 4.79 Å². The molecule has 3 aliphatic rings. The molecule has 3 rings (SSSR count). The second-order valence-electron chi connectivity index (χ2n) is 9.58. The normalized spacial score (nSPS) is 34.1. The Labute approximate surface area is 168 Å². The van der Waals surface area contributed by atoms with E-state index in [-0.39, 0.29) is 36.0 Å². The smallest absolute Gasteiger partial charge is 0.325 e. The Bertz CT molecular complexity index is 630. The van der Waals surface area contributed by atoms with Crippen LogP contribution in [0.3, 0.4) is 0 Å². The second-order valence-corrected chi connectivity index (χ2v) is 9.58. The molecule has 0 aromatic heterocycles.